The van der Waals surface area contributed by atoms with E-state index in [0.717, 1.165) is 28.7 Å². The minimum Gasteiger partial charge on any atom is -0.487 e. The molecular formula is C22H21FN5O3P. The fraction of sp³-hybridized carbons (Fsp3) is 0.227. The first kappa shape index (κ1) is 21.8. The maximum atomic E-state index is 13.6. The highest BCUT2D eigenvalue weighted by Crippen LogP contribution is 2.29. The second-order valence-corrected chi connectivity index (χ2v) is 8.13. The van der Waals surface area contributed by atoms with E-state index in [1.807, 2.05) is 31.2 Å². The number of ether oxygens (including phenoxy) is 1. The fourth-order valence-electron chi connectivity index (χ4n) is 3.39. The number of pyridine rings is 1. The van der Waals surface area contributed by atoms with E-state index in [9.17, 15) is 14.0 Å². The van der Waals surface area contributed by atoms with Gasteiger partial charge < -0.3 is 9.64 Å². The summed E-state index contributed by atoms with van der Waals surface area (Å²) in [6.07, 6.45) is 2.59. The number of hydrogen-bond donors (Lipinski definition) is 0. The molecule has 0 spiro atoms. The molecule has 10 heteroatoms. The Morgan fingerprint density at radius 1 is 1.25 bits per heavy atom. The van der Waals surface area contributed by atoms with Gasteiger partial charge in [-0.05, 0) is 17.8 Å². The summed E-state index contributed by atoms with van der Waals surface area (Å²) in [5.74, 6) is -1.25. The van der Waals surface area contributed by atoms with Crippen LogP contribution < -0.4 is 14.9 Å². The minimum absolute atomic E-state index is 0.0376. The molecule has 0 bridgehead atoms. The molecule has 32 heavy (non-hydrogen) atoms. The average molecular weight is 453 g/mol. The number of benzene rings is 1. The number of anilines is 1. The smallest absolute Gasteiger partial charge is 0.292 e. The molecule has 1 aliphatic heterocycles. The third-order valence-electron chi connectivity index (χ3n) is 5.26. The van der Waals surface area contributed by atoms with E-state index in [0.29, 0.717) is 5.69 Å². The molecule has 2 atom stereocenters. The van der Waals surface area contributed by atoms with Crippen molar-refractivity contribution in [3.05, 3.63) is 59.9 Å². The first-order valence-electron chi connectivity index (χ1n) is 9.79. The molecule has 4 rings (SSSR count). The van der Waals surface area contributed by atoms with Gasteiger partial charge >= 0.3 is 0 Å². The highest BCUT2D eigenvalue weighted by atomic mass is 31.0. The van der Waals surface area contributed by atoms with Crippen molar-refractivity contribution in [2.45, 2.75) is 13.0 Å². The van der Waals surface area contributed by atoms with Gasteiger partial charge in [0.2, 0.25) is 5.82 Å². The molecule has 0 aliphatic carbocycles. The Bertz CT molecular complexity index is 1200. The molecule has 8 nitrogen and oxygen atoms in total. The maximum absolute atomic E-state index is 13.6. The fourth-order valence-corrected chi connectivity index (χ4v) is 3.59. The number of halogens is 1. The monoisotopic (exact) mass is 453 g/mol. The van der Waals surface area contributed by atoms with Gasteiger partial charge in [0.25, 0.3) is 11.8 Å². The topological polar surface area (TPSA) is 88.5 Å². The molecule has 1 unspecified atom stereocenters. The molecule has 164 valence electrons. The van der Waals surface area contributed by atoms with Gasteiger partial charge in [0.1, 0.15) is 18.5 Å². The van der Waals surface area contributed by atoms with E-state index in [-0.39, 0.29) is 24.0 Å². The molecule has 0 saturated carbocycles. The van der Waals surface area contributed by atoms with Gasteiger partial charge in [0.15, 0.2) is 11.6 Å². The Morgan fingerprint density at radius 3 is 2.69 bits per heavy atom. The highest BCUT2D eigenvalue weighted by Gasteiger charge is 2.36. The number of amides is 2. The van der Waals surface area contributed by atoms with Crippen molar-refractivity contribution in [2.24, 2.45) is 0 Å². The predicted octanol–water partition coefficient (Wildman–Crippen LogP) is 1.98. The standard InChI is InChI=1S/C22H21FN5O3P/c1-12-9-24-19(26-18(12)13-4-6-15(32)7-5-13)22(30)27(2)16-11-31-17-8-14(23)10-25-20(17)28(3)21(16)29/h4-10,16H,11,32H2,1-3H3/t16-/m0/s1. The van der Waals surface area contributed by atoms with Crippen LogP contribution in [0.4, 0.5) is 10.2 Å². The number of fused-ring (bicyclic) bond motifs is 1. The maximum Gasteiger partial charge on any atom is 0.292 e. The SMILES string of the molecule is Cc1cnc(C(=O)N(C)[C@H]2COc3cc(F)cnc3N(C)C2=O)nc1-c1ccc(P)cc1. The number of carbonyl (C=O) groups is 2. The number of rotatable bonds is 3. The van der Waals surface area contributed by atoms with Crippen LogP contribution in [-0.2, 0) is 4.79 Å². The highest BCUT2D eigenvalue weighted by molar-refractivity contribution is 7.27. The lowest BCUT2D eigenvalue weighted by Crippen LogP contribution is -2.50. The lowest BCUT2D eigenvalue weighted by atomic mass is 10.1. The molecule has 0 saturated heterocycles. The molecule has 0 N–H and O–H groups in total. The Kier molecular flexibility index (Phi) is 5.84. The van der Waals surface area contributed by atoms with Crippen LogP contribution in [0.25, 0.3) is 11.3 Å². The van der Waals surface area contributed by atoms with Crippen LogP contribution in [-0.4, -0.2) is 58.4 Å². The number of nitrogens with zero attached hydrogens (tertiary/aromatic N) is 5. The van der Waals surface area contributed by atoms with Crippen LogP contribution in [0.5, 0.6) is 5.75 Å². The van der Waals surface area contributed by atoms with Gasteiger partial charge in [0.05, 0.1) is 11.9 Å². The summed E-state index contributed by atoms with van der Waals surface area (Å²) in [4.78, 5) is 41.3. The van der Waals surface area contributed by atoms with Gasteiger partial charge in [-0.1, -0.05) is 24.3 Å². The molecule has 2 amide bonds. The third kappa shape index (κ3) is 4.03. The molecule has 2 aromatic heterocycles. The Balaban J connectivity index is 1.62. The summed E-state index contributed by atoms with van der Waals surface area (Å²) in [5, 5.41) is 1.03. The Hall–Kier alpha value is -3.45. The molecular weight excluding hydrogens is 432 g/mol. The van der Waals surface area contributed by atoms with Gasteiger partial charge in [-0.3, -0.25) is 14.5 Å². The van der Waals surface area contributed by atoms with Crippen LogP contribution in [0.1, 0.15) is 16.2 Å². The number of aromatic nitrogens is 3. The zero-order chi connectivity index (χ0) is 23.0. The van der Waals surface area contributed by atoms with Gasteiger partial charge in [-0.15, -0.1) is 9.24 Å². The van der Waals surface area contributed by atoms with E-state index in [2.05, 4.69) is 24.2 Å². The van der Waals surface area contributed by atoms with E-state index in [1.165, 1.54) is 23.9 Å². The average Bonchev–Trinajstić information content (AvgIpc) is 2.90. The molecule has 1 aromatic carbocycles. The number of likely N-dealkylation sites (N-methyl/N-ethyl adjacent to an activating group) is 2. The van der Waals surface area contributed by atoms with Crippen LogP contribution in [0, 0.1) is 12.7 Å². The lowest BCUT2D eigenvalue weighted by molar-refractivity contribution is -0.123. The van der Waals surface area contributed by atoms with Gasteiger partial charge in [-0.25, -0.2) is 19.3 Å². The van der Waals surface area contributed by atoms with Crippen molar-refractivity contribution in [1.29, 1.82) is 0 Å². The van der Waals surface area contributed by atoms with Crippen molar-refractivity contribution in [3.63, 3.8) is 0 Å². The summed E-state index contributed by atoms with van der Waals surface area (Å²) in [6, 6.07) is 7.88. The molecule has 3 aromatic rings. The molecule has 0 fully saturated rings. The predicted molar refractivity (Wildman–Crippen MR) is 121 cm³/mol. The Labute approximate surface area is 186 Å². The van der Waals surface area contributed by atoms with Crippen molar-refractivity contribution in [2.75, 3.05) is 25.6 Å². The minimum atomic E-state index is -0.963. The van der Waals surface area contributed by atoms with Crippen molar-refractivity contribution < 1.29 is 18.7 Å². The molecule has 0 radical (unpaired) electrons. The summed E-state index contributed by atoms with van der Waals surface area (Å²) in [6.45, 7) is 1.71. The van der Waals surface area contributed by atoms with Crippen molar-refractivity contribution in [1.82, 2.24) is 19.9 Å². The van der Waals surface area contributed by atoms with Crippen molar-refractivity contribution in [3.8, 4) is 17.0 Å². The number of carbonyl (C=O) groups excluding carboxylic acids is 2. The normalized spacial score (nSPS) is 15.6. The summed E-state index contributed by atoms with van der Waals surface area (Å²) in [5.41, 5.74) is 2.30. The third-order valence-corrected chi connectivity index (χ3v) is 5.65. The van der Waals surface area contributed by atoms with Crippen LogP contribution in [0.2, 0.25) is 0 Å². The van der Waals surface area contributed by atoms with E-state index in [4.69, 9.17) is 4.74 Å². The first-order valence-corrected chi connectivity index (χ1v) is 10.4. The quantitative estimate of drug-likeness (QED) is 0.564. The summed E-state index contributed by atoms with van der Waals surface area (Å²) in [7, 11) is 5.61. The van der Waals surface area contributed by atoms with Gasteiger partial charge in [0, 0.05) is 31.9 Å². The van der Waals surface area contributed by atoms with E-state index in [1.54, 1.807) is 6.20 Å². The number of hydrogen-bond acceptors (Lipinski definition) is 6. The number of aryl methyl sites for hydroxylation is 1. The van der Waals surface area contributed by atoms with Crippen LogP contribution in [0.15, 0.2) is 42.7 Å². The first-order chi connectivity index (χ1) is 15.3. The molecule has 3 heterocycles. The van der Waals surface area contributed by atoms with Crippen LogP contribution in [0.3, 0.4) is 0 Å². The van der Waals surface area contributed by atoms with Gasteiger partial charge in [-0.2, -0.15) is 0 Å². The second kappa shape index (κ2) is 8.59. The molecule has 1 aliphatic rings. The largest absolute Gasteiger partial charge is 0.487 e. The summed E-state index contributed by atoms with van der Waals surface area (Å²) < 4.78 is 19.2. The zero-order valence-electron chi connectivity index (χ0n) is 17.7. The van der Waals surface area contributed by atoms with Crippen LogP contribution >= 0.6 is 9.24 Å². The zero-order valence-corrected chi connectivity index (χ0v) is 18.9. The van der Waals surface area contributed by atoms with E-state index < -0.39 is 23.7 Å². The lowest BCUT2D eigenvalue weighted by Gasteiger charge is -2.27. The van der Waals surface area contributed by atoms with E-state index >= 15 is 0 Å². The van der Waals surface area contributed by atoms with Crippen molar-refractivity contribution >= 4 is 32.2 Å². The second-order valence-electron chi connectivity index (χ2n) is 7.46. The Morgan fingerprint density at radius 2 is 1.97 bits per heavy atom. The summed E-state index contributed by atoms with van der Waals surface area (Å²) >= 11 is 0.